The van der Waals surface area contributed by atoms with Crippen LogP contribution in [0.25, 0.3) is 0 Å². The summed E-state index contributed by atoms with van der Waals surface area (Å²) in [6.45, 7) is 3.37. The second-order valence-electron chi connectivity index (χ2n) is 9.54. The molecule has 3 N–H and O–H groups in total. The Morgan fingerprint density at radius 3 is 2.50 bits per heavy atom. The second-order valence-corrected chi connectivity index (χ2v) is 9.54. The summed E-state index contributed by atoms with van der Waals surface area (Å²) < 4.78 is 0. The van der Waals surface area contributed by atoms with Gasteiger partial charge in [-0.15, -0.1) is 0 Å². The van der Waals surface area contributed by atoms with Gasteiger partial charge in [0, 0.05) is 11.8 Å². The highest BCUT2D eigenvalue weighted by atomic mass is 16.3. The molecule has 0 amide bonds. The Kier molecular flexibility index (Phi) is 3.87. The van der Waals surface area contributed by atoms with Crippen molar-refractivity contribution in [1.82, 2.24) is 0 Å². The first-order valence-electron chi connectivity index (χ1n) is 9.95. The smallest absolute Gasteiger partial charge is 0.190 e. The van der Waals surface area contributed by atoms with E-state index in [2.05, 4.69) is 6.92 Å². The van der Waals surface area contributed by atoms with Crippen LogP contribution in [0.2, 0.25) is 0 Å². The van der Waals surface area contributed by atoms with Gasteiger partial charge in [-0.3, -0.25) is 9.59 Å². The lowest BCUT2D eigenvalue weighted by Crippen LogP contribution is -2.66. The van der Waals surface area contributed by atoms with Gasteiger partial charge in [0.2, 0.25) is 0 Å². The molecule has 0 aliphatic heterocycles. The summed E-state index contributed by atoms with van der Waals surface area (Å²) >= 11 is 0. The molecule has 0 heterocycles. The normalized spacial score (nSPS) is 50.5. The molecule has 0 aromatic carbocycles. The number of hydrogen-bond acceptors (Lipinski definition) is 5. The maximum absolute atomic E-state index is 12.4. The van der Waals surface area contributed by atoms with Crippen LogP contribution in [0.1, 0.15) is 65.2 Å². The van der Waals surface area contributed by atoms with Gasteiger partial charge in [-0.2, -0.15) is 0 Å². The van der Waals surface area contributed by atoms with Gasteiger partial charge in [-0.1, -0.05) is 19.4 Å². The molecule has 5 heteroatoms. The molecule has 5 nitrogen and oxygen atoms in total. The molecule has 0 aromatic rings. The van der Waals surface area contributed by atoms with Gasteiger partial charge >= 0.3 is 0 Å². The van der Waals surface area contributed by atoms with Gasteiger partial charge in [0.15, 0.2) is 11.6 Å². The highest BCUT2D eigenvalue weighted by molar-refractivity contribution is 5.92. The first-order chi connectivity index (χ1) is 12.1. The van der Waals surface area contributed by atoms with E-state index in [9.17, 15) is 24.9 Å². The number of ketones is 2. The zero-order chi connectivity index (χ0) is 19.0. The zero-order valence-electron chi connectivity index (χ0n) is 15.8. The van der Waals surface area contributed by atoms with Crippen molar-refractivity contribution in [1.29, 1.82) is 0 Å². The molecule has 4 aliphatic carbocycles. The van der Waals surface area contributed by atoms with Crippen LogP contribution in [0.5, 0.6) is 0 Å². The van der Waals surface area contributed by atoms with Crippen LogP contribution in [0, 0.1) is 22.7 Å². The van der Waals surface area contributed by atoms with E-state index in [4.69, 9.17) is 0 Å². The summed E-state index contributed by atoms with van der Waals surface area (Å²) in [5.41, 5.74) is -2.53. The molecule has 26 heavy (non-hydrogen) atoms. The quantitative estimate of drug-likeness (QED) is 0.698. The van der Waals surface area contributed by atoms with Crippen molar-refractivity contribution < 1.29 is 24.9 Å². The van der Waals surface area contributed by atoms with Crippen LogP contribution in [-0.4, -0.2) is 44.7 Å². The Balaban J connectivity index is 1.75. The lowest BCUT2D eigenvalue weighted by molar-refractivity contribution is -0.217. The van der Waals surface area contributed by atoms with Crippen molar-refractivity contribution in [2.45, 2.75) is 76.4 Å². The molecule has 4 rings (SSSR count). The fraction of sp³-hybridized carbons (Fsp3) is 0.810. The van der Waals surface area contributed by atoms with E-state index in [0.29, 0.717) is 19.3 Å². The van der Waals surface area contributed by atoms with E-state index >= 15 is 0 Å². The fourth-order valence-electron chi connectivity index (χ4n) is 7.12. The van der Waals surface area contributed by atoms with Crippen molar-refractivity contribution in [2.24, 2.45) is 22.7 Å². The van der Waals surface area contributed by atoms with E-state index in [-0.39, 0.29) is 29.5 Å². The van der Waals surface area contributed by atoms with E-state index < -0.39 is 29.0 Å². The first-order valence-corrected chi connectivity index (χ1v) is 9.95. The van der Waals surface area contributed by atoms with Gasteiger partial charge in [0.1, 0.15) is 12.2 Å². The zero-order valence-corrected chi connectivity index (χ0v) is 15.8. The topological polar surface area (TPSA) is 94.8 Å². The molecular weight excluding hydrogens is 332 g/mol. The fourth-order valence-corrected chi connectivity index (χ4v) is 7.12. The lowest BCUT2D eigenvalue weighted by Gasteiger charge is -2.62. The number of fused-ring (bicyclic) bond motifs is 5. The van der Waals surface area contributed by atoms with Crippen LogP contribution in [0.3, 0.4) is 0 Å². The number of rotatable bonds is 2. The van der Waals surface area contributed by atoms with Crippen LogP contribution in [0.4, 0.5) is 0 Å². The number of carbonyl (C=O) groups is 2. The highest BCUT2D eigenvalue weighted by Crippen LogP contribution is 2.69. The minimum Gasteiger partial charge on any atom is -0.389 e. The Morgan fingerprint density at radius 2 is 1.81 bits per heavy atom. The summed E-state index contributed by atoms with van der Waals surface area (Å²) in [5, 5.41) is 32.4. The molecule has 0 bridgehead atoms. The Hall–Kier alpha value is -1.04. The molecule has 144 valence electrons. The molecule has 0 aromatic heterocycles. The summed E-state index contributed by atoms with van der Waals surface area (Å²) in [7, 11) is 0. The van der Waals surface area contributed by atoms with Crippen molar-refractivity contribution in [3.63, 3.8) is 0 Å². The first kappa shape index (κ1) is 18.3. The maximum Gasteiger partial charge on any atom is 0.190 e. The van der Waals surface area contributed by atoms with Crippen LogP contribution >= 0.6 is 0 Å². The van der Waals surface area contributed by atoms with E-state index in [1.54, 1.807) is 0 Å². The van der Waals surface area contributed by atoms with E-state index in [1.807, 2.05) is 13.0 Å². The standard InChI is InChI=1S/C21H30O5/c1-18-7-5-14(23)11-13(18)3-4-16-15(18)6-8-19(2)20(16,25)9-10-21(19,26)17(24)12-22/h11,15-16,22,25-26H,3-10,12H2,1-2H3/t15-,16+,18-,19-,20+,21-/m0/s1. The van der Waals surface area contributed by atoms with Crippen LogP contribution in [-0.2, 0) is 9.59 Å². The van der Waals surface area contributed by atoms with Gasteiger partial charge in [-0.25, -0.2) is 0 Å². The lowest BCUT2D eigenvalue weighted by atomic mass is 9.44. The van der Waals surface area contributed by atoms with Crippen molar-refractivity contribution >= 4 is 11.6 Å². The molecule has 3 fully saturated rings. The summed E-state index contributed by atoms with van der Waals surface area (Å²) in [5.74, 6) is -0.0864. The average molecular weight is 362 g/mol. The number of Topliss-reactive ketones (excluding diaryl/α,β-unsaturated/α-hetero) is 1. The Bertz CT molecular complexity index is 699. The molecule has 0 unspecified atom stereocenters. The minimum atomic E-state index is -1.65. The molecule has 0 radical (unpaired) electrons. The second kappa shape index (κ2) is 5.49. The SMILES string of the molecule is C[C@]12CC[C@H]3[C@@H](CCC4=CC(=O)CC[C@@]43C)[C@]1(O)CC[C@]2(O)C(=O)CO. The molecule has 6 atom stereocenters. The third-order valence-corrected chi connectivity index (χ3v) is 8.90. The predicted octanol–water partition coefficient (Wildman–Crippen LogP) is 1.93. The number of aliphatic hydroxyl groups is 3. The predicted molar refractivity (Wildman–Crippen MR) is 95.2 cm³/mol. The van der Waals surface area contributed by atoms with Gasteiger partial charge in [0.25, 0.3) is 0 Å². The van der Waals surface area contributed by atoms with E-state index in [0.717, 1.165) is 25.7 Å². The van der Waals surface area contributed by atoms with Crippen molar-refractivity contribution in [3.8, 4) is 0 Å². The number of hydrogen-bond donors (Lipinski definition) is 3. The van der Waals surface area contributed by atoms with Crippen LogP contribution in [0.15, 0.2) is 11.6 Å². The van der Waals surface area contributed by atoms with E-state index in [1.165, 1.54) is 5.57 Å². The molecule has 4 aliphatic rings. The average Bonchev–Trinajstić information content (AvgIpc) is 2.84. The summed E-state index contributed by atoms with van der Waals surface area (Å²) in [6.07, 6.45) is 6.79. The highest BCUT2D eigenvalue weighted by Gasteiger charge is 2.72. The summed E-state index contributed by atoms with van der Waals surface area (Å²) in [4.78, 5) is 24.3. The van der Waals surface area contributed by atoms with Crippen molar-refractivity contribution in [3.05, 3.63) is 11.6 Å². The molecular formula is C21H30O5. The van der Waals surface area contributed by atoms with Crippen molar-refractivity contribution in [2.75, 3.05) is 6.61 Å². The third-order valence-electron chi connectivity index (χ3n) is 8.90. The third kappa shape index (κ3) is 1.97. The summed E-state index contributed by atoms with van der Waals surface area (Å²) in [6, 6.07) is 0. The molecule has 0 saturated heterocycles. The van der Waals surface area contributed by atoms with Gasteiger partial charge in [-0.05, 0) is 68.3 Å². The largest absolute Gasteiger partial charge is 0.389 e. The minimum absolute atomic E-state index is 0.0112. The van der Waals surface area contributed by atoms with Gasteiger partial charge < -0.3 is 15.3 Å². The van der Waals surface area contributed by atoms with Gasteiger partial charge in [0.05, 0.1) is 5.60 Å². The number of carbonyl (C=O) groups excluding carboxylic acids is 2. The Morgan fingerprint density at radius 1 is 1.08 bits per heavy atom. The molecule has 3 saturated carbocycles. The molecule has 0 spiro atoms. The number of aliphatic hydroxyl groups excluding tert-OH is 1. The Labute approximate surface area is 154 Å². The monoisotopic (exact) mass is 362 g/mol. The maximum atomic E-state index is 12.4. The van der Waals surface area contributed by atoms with Crippen LogP contribution < -0.4 is 0 Å². The number of allylic oxidation sites excluding steroid dienone is 1.